The zero-order valence-electron chi connectivity index (χ0n) is 13.8. The first kappa shape index (κ1) is 16.6. The summed E-state index contributed by atoms with van der Waals surface area (Å²) in [7, 11) is 4.74. The molecule has 0 radical (unpaired) electrons. The maximum atomic E-state index is 12.4. The quantitative estimate of drug-likeness (QED) is 0.599. The molecule has 2 aromatic carbocycles. The number of rotatable bonds is 6. The van der Waals surface area contributed by atoms with E-state index >= 15 is 0 Å². The molecule has 0 aliphatic heterocycles. The molecule has 0 aromatic heterocycles. The summed E-state index contributed by atoms with van der Waals surface area (Å²) in [5.41, 5.74) is 2.45. The predicted molar refractivity (Wildman–Crippen MR) is 90.6 cm³/mol. The Labute approximate surface area is 136 Å². The van der Waals surface area contributed by atoms with Crippen LogP contribution < -0.4 is 14.2 Å². The van der Waals surface area contributed by atoms with E-state index in [2.05, 4.69) is 0 Å². The van der Waals surface area contributed by atoms with E-state index in [1.807, 2.05) is 25.1 Å². The molecule has 0 heterocycles. The van der Waals surface area contributed by atoms with Crippen LogP contribution in [0, 0.1) is 6.92 Å². The molecule has 0 N–H and O–H groups in total. The zero-order valence-corrected chi connectivity index (χ0v) is 13.8. The molecule has 4 heteroatoms. The van der Waals surface area contributed by atoms with Crippen LogP contribution in [0.4, 0.5) is 0 Å². The summed E-state index contributed by atoms with van der Waals surface area (Å²) in [5, 5.41) is 0. The number of aryl methyl sites for hydroxylation is 1. The number of methoxy groups -OCH3 is 3. The van der Waals surface area contributed by atoms with Crippen LogP contribution in [0.3, 0.4) is 0 Å². The number of benzene rings is 2. The summed E-state index contributed by atoms with van der Waals surface area (Å²) >= 11 is 0. The summed E-state index contributed by atoms with van der Waals surface area (Å²) in [6.45, 7) is 1.96. The van der Waals surface area contributed by atoms with Gasteiger partial charge in [0, 0.05) is 6.07 Å². The third-order valence-corrected chi connectivity index (χ3v) is 3.52. The van der Waals surface area contributed by atoms with Crippen LogP contribution in [-0.2, 0) is 0 Å². The van der Waals surface area contributed by atoms with Crippen LogP contribution in [-0.4, -0.2) is 27.1 Å². The Balaban J connectivity index is 2.23. The van der Waals surface area contributed by atoms with Crippen molar-refractivity contribution in [2.24, 2.45) is 0 Å². The number of hydrogen-bond donors (Lipinski definition) is 0. The standard InChI is InChI=1S/C19H20O4/c1-13-11-14(6-10-18(13)22-3)5-9-17(20)16-8-7-15(21-2)12-19(16)23-4/h5-12H,1-4H3/b9-5+. The van der Waals surface area contributed by atoms with E-state index in [0.29, 0.717) is 17.1 Å². The summed E-state index contributed by atoms with van der Waals surface area (Å²) in [5.74, 6) is 1.83. The zero-order chi connectivity index (χ0) is 16.8. The molecule has 4 nitrogen and oxygen atoms in total. The number of hydrogen-bond acceptors (Lipinski definition) is 4. The fraction of sp³-hybridized carbons (Fsp3) is 0.211. The molecule has 0 fully saturated rings. The SMILES string of the molecule is COc1ccc(C(=O)/C=C/c2ccc(OC)c(C)c2)c(OC)c1. The van der Waals surface area contributed by atoms with Crippen molar-refractivity contribution in [2.45, 2.75) is 6.92 Å². The molecule has 0 atom stereocenters. The van der Waals surface area contributed by atoms with Crippen molar-refractivity contribution < 1.29 is 19.0 Å². The topological polar surface area (TPSA) is 44.8 Å². The van der Waals surface area contributed by atoms with E-state index in [-0.39, 0.29) is 5.78 Å². The van der Waals surface area contributed by atoms with Crippen LogP contribution in [0.25, 0.3) is 6.08 Å². The van der Waals surface area contributed by atoms with Crippen molar-refractivity contribution in [2.75, 3.05) is 21.3 Å². The maximum absolute atomic E-state index is 12.4. The van der Waals surface area contributed by atoms with E-state index in [4.69, 9.17) is 14.2 Å². The highest BCUT2D eigenvalue weighted by Gasteiger charge is 2.10. The van der Waals surface area contributed by atoms with Crippen LogP contribution in [0.2, 0.25) is 0 Å². The van der Waals surface area contributed by atoms with Crippen molar-refractivity contribution in [3.63, 3.8) is 0 Å². The lowest BCUT2D eigenvalue weighted by Gasteiger charge is -2.08. The molecule has 2 rings (SSSR count). The van der Waals surface area contributed by atoms with Crippen molar-refractivity contribution in [3.8, 4) is 17.2 Å². The highest BCUT2D eigenvalue weighted by atomic mass is 16.5. The molecule has 120 valence electrons. The van der Waals surface area contributed by atoms with E-state index < -0.39 is 0 Å². The maximum Gasteiger partial charge on any atom is 0.189 e. The minimum atomic E-state index is -0.127. The Morgan fingerprint density at radius 1 is 0.913 bits per heavy atom. The average Bonchev–Trinajstić information content (AvgIpc) is 2.59. The van der Waals surface area contributed by atoms with Gasteiger partial charge in [0.1, 0.15) is 17.2 Å². The molecule has 23 heavy (non-hydrogen) atoms. The van der Waals surface area contributed by atoms with E-state index in [1.54, 1.807) is 38.5 Å². The van der Waals surface area contributed by atoms with Gasteiger partial charge >= 0.3 is 0 Å². The smallest absolute Gasteiger partial charge is 0.189 e. The lowest BCUT2D eigenvalue weighted by Crippen LogP contribution is -1.99. The second-order valence-corrected chi connectivity index (χ2v) is 4.99. The average molecular weight is 312 g/mol. The number of carbonyl (C=O) groups is 1. The molecule has 0 saturated heterocycles. The minimum absolute atomic E-state index is 0.127. The van der Waals surface area contributed by atoms with Gasteiger partial charge in [0.25, 0.3) is 0 Å². The van der Waals surface area contributed by atoms with Crippen LogP contribution in [0.15, 0.2) is 42.5 Å². The Bertz CT molecular complexity index is 732. The van der Waals surface area contributed by atoms with Gasteiger partial charge in [-0.15, -0.1) is 0 Å². The van der Waals surface area contributed by atoms with Gasteiger partial charge < -0.3 is 14.2 Å². The van der Waals surface area contributed by atoms with Gasteiger partial charge in [-0.3, -0.25) is 4.79 Å². The predicted octanol–water partition coefficient (Wildman–Crippen LogP) is 3.92. The van der Waals surface area contributed by atoms with Gasteiger partial charge in [0.2, 0.25) is 0 Å². The Morgan fingerprint density at radius 2 is 1.65 bits per heavy atom. The molecule has 0 spiro atoms. The monoisotopic (exact) mass is 312 g/mol. The van der Waals surface area contributed by atoms with Crippen LogP contribution in [0.5, 0.6) is 17.2 Å². The molecule has 0 aliphatic rings. The summed E-state index contributed by atoms with van der Waals surface area (Å²) in [6, 6.07) is 10.9. The Morgan fingerprint density at radius 3 is 2.26 bits per heavy atom. The molecule has 0 saturated carbocycles. The van der Waals surface area contributed by atoms with Crippen LogP contribution >= 0.6 is 0 Å². The fourth-order valence-corrected chi connectivity index (χ4v) is 2.27. The fourth-order valence-electron chi connectivity index (χ4n) is 2.27. The number of carbonyl (C=O) groups excluding carboxylic acids is 1. The van der Waals surface area contributed by atoms with Crippen molar-refractivity contribution in [1.82, 2.24) is 0 Å². The Hall–Kier alpha value is -2.75. The van der Waals surface area contributed by atoms with Gasteiger partial charge in [-0.2, -0.15) is 0 Å². The summed E-state index contributed by atoms with van der Waals surface area (Å²) in [4.78, 5) is 12.4. The van der Waals surface area contributed by atoms with Gasteiger partial charge in [-0.1, -0.05) is 12.1 Å². The highest BCUT2D eigenvalue weighted by Crippen LogP contribution is 2.25. The number of allylic oxidation sites excluding steroid dienone is 1. The first-order valence-corrected chi connectivity index (χ1v) is 7.18. The van der Waals surface area contributed by atoms with Gasteiger partial charge in [-0.05, 0) is 48.4 Å². The van der Waals surface area contributed by atoms with Gasteiger partial charge in [0.05, 0.1) is 26.9 Å². The normalized spacial score (nSPS) is 10.6. The number of ketones is 1. The molecule has 0 amide bonds. The van der Waals surface area contributed by atoms with Crippen LogP contribution in [0.1, 0.15) is 21.5 Å². The van der Waals surface area contributed by atoms with E-state index in [1.165, 1.54) is 13.2 Å². The molecular weight excluding hydrogens is 292 g/mol. The van der Waals surface area contributed by atoms with Crippen molar-refractivity contribution >= 4 is 11.9 Å². The van der Waals surface area contributed by atoms with E-state index in [0.717, 1.165) is 16.9 Å². The van der Waals surface area contributed by atoms with Gasteiger partial charge in [-0.25, -0.2) is 0 Å². The summed E-state index contributed by atoms with van der Waals surface area (Å²) in [6.07, 6.45) is 3.31. The minimum Gasteiger partial charge on any atom is -0.497 e. The van der Waals surface area contributed by atoms with Crippen molar-refractivity contribution in [1.29, 1.82) is 0 Å². The lowest BCUT2D eigenvalue weighted by atomic mass is 10.1. The third-order valence-electron chi connectivity index (χ3n) is 3.52. The van der Waals surface area contributed by atoms with Crippen molar-refractivity contribution in [3.05, 3.63) is 59.2 Å². The molecule has 2 aromatic rings. The van der Waals surface area contributed by atoms with Gasteiger partial charge in [0.15, 0.2) is 5.78 Å². The first-order valence-electron chi connectivity index (χ1n) is 7.18. The lowest BCUT2D eigenvalue weighted by molar-refractivity contribution is 0.104. The molecular formula is C19H20O4. The second kappa shape index (κ2) is 7.49. The Kier molecular flexibility index (Phi) is 5.41. The number of ether oxygens (including phenoxy) is 3. The highest BCUT2D eigenvalue weighted by molar-refractivity contribution is 6.08. The third kappa shape index (κ3) is 3.92. The molecule has 0 bridgehead atoms. The van der Waals surface area contributed by atoms with E-state index in [9.17, 15) is 4.79 Å². The first-order chi connectivity index (χ1) is 11.1. The molecule has 0 aliphatic carbocycles. The largest absolute Gasteiger partial charge is 0.497 e. The second-order valence-electron chi connectivity index (χ2n) is 4.99. The molecule has 0 unspecified atom stereocenters. The summed E-state index contributed by atoms with van der Waals surface area (Å²) < 4.78 is 15.6.